The number of rotatable bonds is 3. The lowest BCUT2D eigenvalue weighted by molar-refractivity contribution is -0.141. The molecule has 0 bridgehead atoms. The Balaban J connectivity index is 2.11. The third kappa shape index (κ3) is 2.18. The normalized spacial score (nSPS) is 24.3. The highest BCUT2D eigenvalue weighted by Gasteiger charge is 2.30. The summed E-state index contributed by atoms with van der Waals surface area (Å²) in [6.45, 7) is 0. The van der Waals surface area contributed by atoms with Gasteiger partial charge >= 0.3 is 5.97 Å². The number of hydrogen-bond acceptors (Lipinski definition) is 2. The maximum atomic E-state index is 10.9. The lowest BCUT2D eigenvalue weighted by Crippen LogP contribution is -2.09. The predicted molar refractivity (Wildman–Crippen MR) is 60.7 cm³/mol. The molecule has 1 aromatic rings. The lowest BCUT2D eigenvalue weighted by Gasteiger charge is -2.11. The Morgan fingerprint density at radius 3 is 2.88 bits per heavy atom. The van der Waals surface area contributed by atoms with Gasteiger partial charge in [0.1, 0.15) is 5.75 Å². The molecule has 0 aliphatic heterocycles. The van der Waals surface area contributed by atoms with Gasteiger partial charge in [0.25, 0.3) is 0 Å². The minimum absolute atomic E-state index is 0.170. The second-order valence-corrected chi connectivity index (χ2v) is 4.32. The maximum Gasteiger partial charge on any atom is 0.306 e. The molecule has 0 heterocycles. The molecule has 3 heteroatoms. The van der Waals surface area contributed by atoms with Gasteiger partial charge in [0.05, 0.1) is 13.0 Å². The molecule has 1 saturated carbocycles. The summed E-state index contributed by atoms with van der Waals surface area (Å²) in [5.41, 5.74) is 1.20. The highest BCUT2D eigenvalue weighted by molar-refractivity contribution is 5.70. The Morgan fingerprint density at radius 1 is 1.44 bits per heavy atom. The van der Waals surface area contributed by atoms with E-state index >= 15 is 0 Å². The van der Waals surface area contributed by atoms with Gasteiger partial charge in [-0.2, -0.15) is 0 Å². The first-order valence-electron chi connectivity index (χ1n) is 5.57. The second kappa shape index (κ2) is 4.56. The summed E-state index contributed by atoms with van der Waals surface area (Å²) in [5.74, 6) is 0.383. The van der Waals surface area contributed by atoms with Crippen LogP contribution in [-0.4, -0.2) is 18.2 Å². The molecule has 1 fully saturated rings. The van der Waals surface area contributed by atoms with Gasteiger partial charge in [-0.25, -0.2) is 0 Å². The zero-order chi connectivity index (χ0) is 11.5. The van der Waals surface area contributed by atoms with Crippen LogP contribution in [0.1, 0.15) is 30.7 Å². The Kier molecular flexibility index (Phi) is 3.13. The first-order chi connectivity index (χ1) is 7.70. The minimum Gasteiger partial charge on any atom is -0.497 e. The smallest absolute Gasteiger partial charge is 0.306 e. The number of carboxylic acid groups (broad SMARTS) is 1. The molecule has 0 spiro atoms. The molecular weight excluding hydrogens is 204 g/mol. The van der Waals surface area contributed by atoms with Crippen molar-refractivity contribution in [3.05, 3.63) is 29.8 Å². The van der Waals surface area contributed by atoms with Gasteiger partial charge in [0.15, 0.2) is 0 Å². The third-order valence-electron chi connectivity index (χ3n) is 3.35. The summed E-state index contributed by atoms with van der Waals surface area (Å²) in [5, 5.41) is 8.95. The van der Waals surface area contributed by atoms with Crippen LogP contribution in [0.3, 0.4) is 0 Å². The third-order valence-corrected chi connectivity index (χ3v) is 3.35. The molecule has 1 aliphatic rings. The SMILES string of the molecule is COc1cccc(C2CCC(C(=O)O)C2)c1. The van der Waals surface area contributed by atoms with E-state index in [1.165, 1.54) is 5.56 Å². The molecule has 1 aromatic carbocycles. The van der Waals surface area contributed by atoms with Crippen molar-refractivity contribution in [1.82, 2.24) is 0 Å². The van der Waals surface area contributed by atoms with Gasteiger partial charge in [-0.1, -0.05) is 12.1 Å². The summed E-state index contributed by atoms with van der Waals surface area (Å²) in [6, 6.07) is 7.93. The number of aliphatic carboxylic acids is 1. The van der Waals surface area contributed by atoms with E-state index < -0.39 is 5.97 Å². The van der Waals surface area contributed by atoms with E-state index in [1.54, 1.807) is 7.11 Å². The topological polar surface area (TPSA) is 46.5 Å². The second-order valence-electron chi connectivity index (χ2n) is 4.32. The Labute approximate surface area is 95.0 Å². The number of carboxylic acids is 1. The van der Waals surface area contributed by atoms with E-state index in [2.05, 4.69) is 6.07 Å². The average Bonchev–Trinajstić information content (AvgIpc) is 2.78. The molecule has 2 unspecified atom stereocenters. The van der Waals surface area contributed by atoms with Crippen LogP contribution in [0.15, 0.2) is 24.3 Å². The van der Waals surface area contributed by atoms with Crippen LogP contribution in [0.4, 0.5) is 0 Å². The molecule has 1 aliphatic carbocycles. The molecule has 3 nitrogen and oxygen atoms in total. The van der Waals surface area contributed by atoms with Crippen molar-refractivity contribution in [2.75, 3.05) is 7.11 Å². The van der Waals surface area contributed by atoms with E-state index in [9.17, 15) is 4.79 Å². The van der Waals surface area contributed by atoms with Gasteiger partial charge < -0.3 is 9.84 Å². The number of methoxy groups -OCH3 is 1. The maximum absolute atomic E-state index is 10.9. The van der Waals surface area contributed by atoms with Crippen LogP contribution in [0.25, 0.3) is 0 Å². The van der Waals surface area contributed by atoms with Crippen LogP contribution in [0, 0.1) is 5.92 Å². The van der Waals surface area contributed by atoms with Crippen LogP contribution in [-0.2, 0) is 4.79 Å². The highest BCUT2D eigenvalue weighted by Crippen LogP contribution is 2.39. The van der Waals surface area contributed by atoms with Crippen molar-refractivity contribution in [2.24, 2.45) is 5.92 Å². The molecule has 2 atom stereocenters. The Morgan fingerprint density at radius 2 is 2.25 bits per heavy atom. The van der Waals surface area contributed by atoms with Gasteiger partial charge in [-0.15, -0.1) is 0 Å². The van der Waals surface area contributed by atoms with Crippen molar-refractivity contribution in [3.63, 3.8) is 0 Å². The Bertz CT molecular complexity index is 387. The summed E-state index contributed by atoms with van der Waals surface area (Å²) < 4.78 is 5.17. The van der Waals surface area contributed by atoms with Gasteiger partial charge in [0.2, 0.25) is 0 Å². The monoisotopic (exact) mass is 220 g/mol. The number of ether oxygens (including phenoxy) is 1. The molecule has 0 saturated heterocycles. The van der Waals surface area contributed by atoms with E-state index in [-0.39, 0.29) is 5.92 Å². The van der Waals surface area contributed by atoms with E-state index in [4.69, 9.17) is 9.84 Å². The summed E-state index contributed by atoms with van der Waals surface area (Å²) in [4.78, 5) is 10.9. The van der Waals surface area contributed by atoms with Crippen molar-refractivity contribution in [3.8, 4) is 5.75 Å². The van der Waals surface area contributed by atoms with Gasteiger partial charge in [0, 0.05) is 0 Å². The number of hydrogen-bond donors (Lipinski definition) is 1. The van der Waals surface area contributed by atoms with Crippen molar-refractivity contribution < 1.29 is 14.6 Å². The van der Waals surface area contributed by atoms with Gasteiger partial charge in [-0.05, 0) is 42.9 Å². The largest absolute Gasteiger partial charge is 0.497 e. The number of carbonyl (C=O) groups is 1. The zero-order valence-corrected chi connectivity index (χ0v) is 9.35. The average molecular weight is 220 g/mol. The molecule has 86 valence electrons. The summed E-state index contributed by atoms with van der Waals surface area (Å²) in [6.07, 6.45) is 2.50. The number of benzene rings is 1. The Hall–Kier alpha value is -1.51. The molecule has 0 radical (unpaired) electrons. The van der Waals surface area contributed by atoms with Crippen LogP contribution < -0.4 is 4.74 Å². The molecule has 16 heavy (non-hydrogen) atoms. The summed E-state index contributed by atoms with van der Waals surface area (Å²) >= 11 is 0. The van der Waals surface area contributed by atoms with Crippen LogP contribution >= 0.6 is 0 Å². The fourth-order valence-electron chi connectivity index (χ4n) is 2.40. The van der Waals surface area contributed by atoms with Crippen LogP contribution in [0.5, 0.6) is 5.75 Å². The molecule has 0 amide bonds. The molecule has 1 N–H and O–H groups in total. The first kappa shape index (κ1) is 11.0. The van der Waals surface area contributed by atoms with Crippen molar-refractivity contribution in [1.29, 1.82) is 0 Å². The van der Waals surface area contributed by atoms with Crippen molar-refractivity contribution in [2.45, 2.75) is 25.2 Å². The fraction of sp³-hybridized carbons (Fsp3) is 0.462. The lowest BCUT2D eigenvalue weighted by atomic mass is 9.96. The van der Waals surface area contributed by atoms with Gasteiger partial charge in [-0.3, -0.25) is 4.79 Å². The zero-order valence-electron chi connectivity index (χ0n) is 9.35. The fourth-order valence-corrected chi connectivity index (χ4v) is 2.40. The first-order valence-corrected chi connectivity index (χ1v) is 5.57. The molecule has 2 rings (SSSR count). The highest BCUT2D eigenvalue weighted by atomic mass is 16.5. The van der Waals surface area contributed by atoms with Crippen molar-refractivity contribution >= 4 is 5.97 Å². The summed E-state index contributed by atoms with van der Waals surface area (Å²) in [7, 11) is 1.65. The molecular formula is C13H16O3. The van der Waals surface area contributed by atoms with E-state index in [0.29, 0.717) is 5.92 Å². The van der Waals surface area contributed by atoms with E-state index in [1.807, 2.05) is 18.2 Å². The van der Waals surface area contributed by atoms with Crippen LogP contribution in [0.2, 0.25) is 0 Å². The quantitative estimate of drug-likeness (QED) is 0.851. The van der Waals surface area contributed by atoms with E-state index in [0.717, 1.165) is 25.0 Å². The molecule has 0 aromatic heterocycles. The predicted octanol–water partition coefficient (Wildman–Crippen LogP) is 2.66. The standard InChI is InChI=1S/C13H16O3/c1-16-12-4-2-3-9(8-12)10-5-6-11(7-10)13(14)15/h2-4,8,10-11H,5-7H2,1H3,(H,14,15). The minimum atomic E-state index is -0.662.